The molecule has 4 rings (SSSR count). The van der Waals surface area contributed by atoms with E-state index in [1.54, 1.807) is 0 Å². The fourth-order valence-corrected chi connectivity index (χ4v) is 3.28. The topological polar surface area (TPSA) is 59.2 Å². The summed E-state index contributed by atoms with van der Waals surface area (Å²) in [6, 6.07) is 4.06. The first-order chi connectivity index (χ1) is 11.3. The maximum absolute atomic E-state index is 4.46. The van der Waals surface area contributed by atoms with Gasteiger partial charge in [0.2, 0.25) is 0 Å². The van der Waals surface area contributed by atoms with Gasteiger partial charge in [0.15, 0.2) is 5.65 Å². The van der Waals surface area contributed by atoms with Gasteiger partial charge in [0.1, 0.15) is 0 Å². The van der Waals surface area contributed by atoms with Crippen LogP contribution in [0.1, 0.15) is 35.8 Å². The summed E-state index contributed by atoms with van der Waals surface area (Å²) in [7, 11) is 0. The second-order valence-corrected chi connectivity index (χ2v) is 6.17. The van der Waals surface area contributed by atoms with E-state index < -0.39 is 0 Å². The van der Waals surface area contributed by atoms with Gasteiger partial charge < -0.3 is 0 Å². The van der Waals surface area contributed by atoms with Crippen LogP contribution in [0.4, 0.5) is 0 Å². The van der Waals surface area contributed by atoms with Gasteiger partial charge in [-0.15, -0.1) is 0 Å². The fraction of sp³-hybridized carbons (Fsp3) is 0.412. The number of aryl methyl sites for hydroxylation is 1. The summed E-state index contributed by atoms with van der Waals surface area (Å²) >= 11 is 0. The minimum absolute atomic E-state index is 0.542. The number of hydrogen-bond donors (Lipinski definition) is 0. The van der Waals surface area contributed by atoms with Crippen molar-refractivity contribution in [1.82, 2.24) is 29.5 Å². The monoisotopic (exact) mass is 308 g/mol. The van der Waals surface area contributed by atoms with Gasteiger partial charge in [0.25, 0.3) is 0 Å². The molecule has 1 aliphatic rings. The Morgan fingerprint density at radius 2 is 1.91 bits per heavy atom. The minimum Gasteiger partial charge on any atom is -0.297 e. The zero-order valence-corrected chi connectivity index (χ0v) is 13.3. The molecule has 0 radical (unpaired) electrons. The lowest BCUT2D eigenvalue weighted by molar-refractivity contribution is 0.200. The van der Waals surface area contributed by atoms with E-state index in [0.29, 0.717) is 5.92 Å². The molecule has 1 saturated heterocycles. The van der Waals surface area contributed by atoms with Crippen molar-refractivity contribution < 1.29 is 0 Å². The van der Waals surface area contributed by atoms with E-state index >= 15 is 0 Å². The van der Waals surface area contributed by atoms with E-state index in [1.807, 2.05) is 42.3 Å². The summed E-state index contributed by atoms with van der Waals surface area (Å²) in [5, 5.41) is 4.41. The molecule has 118 valence electrons. The molecule has 0 atom stereocenters. The van der Waals surface area contributed by atoms with Crippen molar-refractivity contribution in [2.24, 2.45) is 0 Å². The Kier molecular flexibility index (Phi) is 3.75. The molecule has 4 heterocycles. The zero-order valence-electron chi connectivity index (χ0n) is 13.3. The summed E-state index contributed by atoms with van der Waals surface area (Å²) in [6.45, 7) is 5.00. The standard InChI is InChI=1S/C17H20N6/c1-13-10-20-15(11-19-13)12-22-8-4-14(5-9-22)16-2-6-18-17-3-7-21-23(16)17/h2-3,6-7,10-11,14H,4-5,8-9,12H2,1H3. The highest BCUT2D eigenvalue weighted by atomic mass is 15.3. The third kappa shape index (κ3) is 2.94. The summed E-state index contributed by atoms with van der Waals surface area (Å²) in [5.74, 6) is 0.542. The van der Waals surface area contributed by atoms with Crippen LogP contribution in [0.2, 0.25) is 0 Å². The van der Waals surface area contributed by atoms with Crippen molar-refractivity contribution in [3.8, 4) is 0 Å². The van der Waals surface area contributed by atoms with E-state index in [-0.39, 0.29) is 0 Å². The molecular weight excluding hydrogens is 288 g/mol. The highest BCUT2D eigenvalue weighted by Crippen LogP contribution is 2.28. The van der Waals surface area contributed by atoms with E-state index in [2.05, 4.69) is 31.0 Å². The maximum atomic E-state index is 4.46. The van der Waals surface area contributed by atoms with Crippen LogP contribution in [0.5, 0.6) is 0 Å². The molecular formula is C17H20N6. The Bertz CT molecular complexity index is 786. The van der Waals surface area contributed by atoms with Gasteiger partial charge in [-0.05, 0) is 38.9 Å². The van der Waals surface area contributed by atoms with Crippen LogP contribution in [0, 0.1) is 6.92 Å². The Hall–Kier alpha value is -2.34. The second kappa shape index (κ2) is 6.04. The summed E-state index contributed by atoms with van der Waals surface area (Å²) < 4.78 is 1.98. The Balaban J connectivity index is 1.43. The molecule has 0 spiro atoms. The fourth-order valence-electron chi connectivity index (χ4n) is 3.28. The first-order valence-corrected chi connectivity index (χ1v) is 8.08. The molecule has 1 aliphatic heterocycles. The quantitative estimate of drug-likeness (QED) is 0.742. The van der Waals surface area contributed by atoms with Gasteiger partial charge >= 0.3 is 0 Å². The molecule has 0 bridgehead atoms. The first kappa shape index (κ1) is 14.3. The number of hydrogen-bond acceptors (Lipinski definition) is 5. The molecule has 0 N–H and O–H groups in total. The van der Waals surface area contributed by atoms with Gasteiger partial charge in [0.05, 0.1) is 17.6 Å². The molecule has 6 nitrogen and oxygen atoms in total. The third-order valence-corrected chi connectivity index (χ3v) is 4.55. The largest absolute Gasteiger partial charge is 0.297 e. The maximum Gasteiger partial charge on any atom is 0.155 e. The predicted octanol–water partition coefficient (Wildman–Crippen LogP) is 2.21. The van der Waals surface area contributed by atoms with Crippen LogP contribution in [0.15, 0.2) is 36.9 Å². The molecule has 3 aromatic heterocycles. The van der Waals surface area contributed by atoms with E-state index in [0.717, 1.165) is 49.5 Å². The lowest BCUT2D eigenvalue weighted by Crippen LogP contribution is -2.33. The average molecular weight is 308 g/mol. The van der Waals surface area contributed by atoms with E-state index in [1.165, 1.54) is 5.69 Å². The van der Waals surface area contributed by atoms with Crippen molar-refractivity contribution in [1.29, 1.82) is 0 Å². The van der Waals surface area contributed by atoms with Crippen LogP contribution in [0.3, 0.4) is 0 Å². The van der Waals surface area contributed by atoms with Crippen LogP contribution >= 0.6 is 0 Å². The van der Waals surface area contributed by atoms with Crippen LogP contribution in [0.25, 0.3) is 5.65 Å². The average Bonchev–Trinajstić information content (AvgIpc) is 3.06. The van der Waals surface area contributed by atoms with Gasteiger partial charge in [-0.2, -0.15) is 5.10 Å². The van der Waals surface area contributed by atoms with Crippen molar-refractivity contribution in [3.63, 3.8) is 0 Å². The van der Waals surface area contributed by atoms with Crippen molar-refractivity contribution in [2.75, 3.05) is 13.1 Å². The van der Waals surface area contributed by atoms with Crippen LogP contribution in [-0.4, -0.2) is 42.6 Å². The lowest BCUT2D eigenvalue weighted by atomic mass is 9.93. The highest BCUT2D eigenvalue weighted by molar-refractivity contribution is 5.37. The van der Waals surface area contributed by atoms with Gasteiger partial charge in [-0.1, -0.05) is 0 Å². The highest BCUT2D eigenvalue weighted by Gasteiger charge is 2.23. The molecule has 6 heteroatoms. The Labute approximate surface area is 135 Å². The second-order valence-electron chi connectivity index (χ2n) is 6.17. The Morgan fingerprint density at radius 3 is 2.70 bits per heavy atom. The predicted molar refractivity (Wildman–Crippen MR) is 87.0 cm³/mol. The SMILES string of the molecule is Cc1cnc(CN2CCC(c3ccnc4ccnn34)CC2)cn1. The van der Waals surface area contributed by atoms with Gasteiger partial charge in [0, 0.05) is 42.8 Å². The van der Waals surface area contributed by atoms with Gasteiger partial charge in [-0.25, -0.2) is 9.50 Å². The molecule has 0 saturated carbocycles. The molecule has 3 aromatic rings. The first-order valence-electron chi connectivity index (χ1n) is 8.08. The van der Waals surface area contributed by atoms with Crippen molar-refractivity contribution in [2.45, 2.75) is 32.2 Å². The minimum atomic E-state index is 0.542. The number of nitrogens with zero attached hydrogens (tertiary/aromatic N) is 6. The number of likely N-dealkylation sites (tertiary alicyclic amines) is 1. The normalized spacial score (nSPS) is 16.9. The molecule has 1 fully saturated rings. The molecule has 0 amide bonds. The summed E-state index contributed by atoms with van der Waals surface area (Å²) in [6.07, 6.45) is 9.71. The van der Waals surface area contributed by atoms with Crippen LogP contribution < -0.4 is 0 Å². The lowest BCUT2D eigenvalue weighted by Gasteiger charge is -2.31. The summed E-state index contributed by atoms with van der Waals surface area (Å²) in [5.41, 5.74) is 4.22. The number of piperidine rings is 1. The van der Waals surface area contributed by atoms with E-state index in [4.69, 9.17) is 0 Å². The van der Waals surface area contributed by atoms with Crippen LogP contribution in [-0.2, 0) is 6.54 Å². The van der Waals surface area contributed by atoms with Crippen molar-refractivity contribution >= 4 is 5.65 Å². The Morgan fingerprint density at radius 1 is 1.04 bits per heavy atom. The number of aromatic nitrogens is 5. The molecule has 0 aliphatic carbocycles. The molecule has 0 aromatic carbocycles. The smallest absolute Gasteiger partial charge is 0.155 e. The number of rotatable bonds is 3. The molecule has 23 heavy (non-hydrogen) atoms. The number of fused-ring (bicyclic) bond motifs is 1. The molecule has 0 unspecified atom stereocenters. The zero-order chi connectivity index (χ0) is 15.6. The summed E-state index contributed by atoms with van der Waals surface area (Å²) in [4.78, 5) is 15.6. The third-order valence-electron chi connectivity index (χ3n) is 4.55. The van der Waals surface area contributed by atoms with Crippen molar-refractivity contribution in [3.05, 3.63) is 54.0 Å². The van der Waals surface area contributed by atoms with E-state index in [9.17, 15) is 0 Å². The van der Waals surface area contributed by atoms with Gasteiger partial charge in [-0.3, -0.25) is 14.9 Å².